The van der Waals surface area contributed by atoms with Gasteiger partial charge in [-0.05, 0) is 12.1 Å². The Bertz CT molecular complexity index is 873. The zero-order valence-electron chi connectivity index (χ0n) is 12.9. The molecule has 122 valence electrons. The number of hydrogen-bond acceptors (Lipinski definition) is 7. The zero-order valence-corrected chi connectivity index (χ0v) is 14.5. The van der Waals surface area contributed by atoms with Crippen LogP contribution in [0.2, 0.25) is 0 Å². The first kappa shape index (κ1) is 16.2. The highest BCUT2D eigenvalue weighted by Gasteiger charge is 2.16. The quantitative estimate of drug-likeness (QED) is 0.773. The number of anilines is 1. The average Bonchev–Trinajstić information content (AvgIpc) is 3.24. The highest BCUT2D eigenvalue weighted by molar-refractivity contribution is 7.14. The van der Waals surface area contributed by atoms with E-state index in [0.717, 1.165) is 10.6 Å². The lowest BCUT2D eigenvalue weighted by Crippen LogP contribution is -2.22. The molecule has 3 aromatic rings. The first-order chi connectivity index (χ1) is 11.5. The fourth-order valence-electron chi connectivity index (χ4n) is 1.82. The molecule has 0 aliphatic rings. The maximum atomic E-state index is 12.3. The number of carbonyl (C=O) groups is 2. The normalized spacial score (nSPS) is 10.4. The standard InChI is InChI=1S/C15H13N5O2S2/c1-20(2)14(22)11-8-24-15(18-11)19-12(21)10-7-23-13(17-10)9-4-3-5-16-6-9/h3-8H,1-2H3,(H,18,19,21). The lowest BCUT2D eigenvalue weighted by atomic mass is 10.3. The van der Waals surface area contributed by atoms with Gasteiger partial charge in [0.1, 0.15) is 16.4 Å². The maximum absolute atomic E-state index is 12.3. The van der Waals surface area contributed by atoms with E-state index in [2.05, 4.69) is 20.3 Å². The first-order valence-corrected chi connectivity index (χ1v) is 8.65. The minimum absolute atomic E-state index is 0.209. The molecule has 0 aliphatic heterocycles. The molecule has 0 aromatic carbocycles. The number of amides is 2. The van der Waals surface area contributed by atoms with Gasteiger partial charge < -0.3 is 4.90 Å². The Morgan fingerprint density at radius 2 is 1.92 bits per heavy atom. The topological polar surface area (TPSA) is 88.1 Å². The fourth-order valence-corrected chi connectivity index (χ4v) is 3.29. The third-order valence-electron chi connectivity index (χ3n) is 3.00. The Kier molecular flexibility index (Phi) is 4.63. The highest BCUT2D eigenvalue weighted by Crippen LogP contribution is 2.23. The van der Waals surface area contributed by atoms with Crippen molar-refractivity contribution in [2.75, 3.05) is 19.4 Å². The molecular formula is C15H13N5O2S2. The van der Waals surface area contributed by atoms with Crippen molar-refractivity contribution in [1.29, 1.82) is 0 Å². The second-order valence-electron chi connectivity index (χ2n) is 4.97. The number of hydrogen-bond donors (Lipinski definition) is 1. The summed E-state index contributed by atoms with van der Waals surface area (Å²) in [5.74, 6) is -0.570. The number of pyridine rings is 1. The van der Waals surface area contributed by atoms with Gasteiger partial charge in [0.2, 0.25) is 0 Å². The molecule has 9 heteroatoms. The number of nitrogens with one attached hydrogen (secondary N) is 1. The van der Waals surface area contributed by atoms with Crippen molar-refractivity contribution < 1.29 is 9.59 Å². The van der Waals surface area contributed by atoms with Crippen LogP contribution in [0, 0.1) is 0 Å². The first-order valence-electron chi connectivity index (χ1n) is 6.89. The Morgan fingerprint density at radius 1 is 1.12 bits per heavy atom. The van der Waals surface area contributed by atoms with Crippen LogP contribution in [0.4, 0.5) is 5.13 Å². The molecule has 24 heavy (non-hydrogen) atoms. The molecule has 0 saturated carbocycles. The van der Waals surface area contributed by atoms with E-state index >= 15 is 0 Å². The molecule has 7 nitrogen and oxygen atoms in total. The van der Waals surface area contributed by atoms with Gasteiger partial charge in [-0.3, -0.25) is 19.9 Å². The summed E-state index contributed by atoms with van der Waals surface area (Å²) < 4.78 is 0. The van der Waals surface area contributed by atoms with Gasteiger partial charge in [0, 0.05) is 42.8 Å². The van der Waals surface area contributed by atoms with Crippen molar-refractivity contribution in [2.45, 2.75) is 0 Å². The fraction of sp³-hybridized carbons (Fsp3) is 0.133. The molecular weight excluding hydrogens is 346 g/mol. The van der Waals surface area contributed by atoms with Gasteiger partial charge in [-0.25, -0.2) is 9.97 Å². The van der Waals surface area contributed by atoms with E-state index in [0.29, 0.717) is 16.5 Å². The number of carbonyl (C=O) groups excluding carboxylic acids is 2. The van der Waals surface area contributed by atoms with E-state index in [9.17, 15) is 9.59 Å². The van der Waals surface area contributed by atoms with E-state index in [1.165, 1.54) is 27.6 Å². The molecule has 1 N–H and O–H groups in total. The molecule has 3 rings (SSSR count). The molecule has 2 amide bonds. The molecule has 0 aliphatic carbocycles. The summed E-state index contributed by atoms with van der Waals surface area (Å²) in [6, 6.07) is 3.70. The van der Waals surface area contributed by atoms with E-state index in [4.69, 9.17) is 0 Å². The van der Waals surface area contributed by atoms with Crippen molar-refractivity contribution in [2.24, 2.45) is 0 Å². The third kappa shape index (κ3) is 3.47. The summed E-state index contributed by atoms with van der Waals surface area (Å²) in [6.07, 6.45) is 3.38. The van der Waals surface area contributed by atoms with Crippen LogP contribution in [0.1, 0.15) is 21.0 Å². The van der Waals surface area contributed by atoms with Crippen molar-refractivity contribution in [3.8, 4) is 10.6 Å². The predicted molar refractivity (Wildman–Crippen MR) is 93.4 cm³/mol. The van der Waals surface area contributed by atoms with Crippen molar-refractivity contribution in [3.05, 3.63) is 46.7 Å². The van der Waals surface area contributed by atoms with Gasteiger partial charge in [-0.15, -0.1) is 22.7 Å². The van der Waals surface area contributed by atoms with Crippen LogP contribution in [0.25, 0.3) is 10.6 Å². The summed E-state index contributed by atoms with van der Waals surface area (Å²) in [5, 5.41) is 7.03. The largest absolute Gasteiger partial charge is 0.343 e. The molecule has 0 atom stereocenters. The summed E-state index contributed by atoms with van der Waals surface area (Å²) in [6.45, 7) is 0. The van der Waals surface area contributed by atoms with Crippen LogP contribution in [0.5, 0.6) is 0 Å². The Labute approximate surface area is 146 Å². The van der Waals surface area contributed by atoms with Crippen LogP contribution in [0.3, 0.4) is 0 Å². The Hall–Kier alpha value is -2.65. The van der Waals surface area contributed by atoms with E-state index in [1.54, 1.807) is 37.2 Å². The predicted octanol–water partition coefficient (Wildman–Crippen LogP) is 2.62. The van der Waals surface area contributed by atoms with Crippen LogP contribution < -0.4 is 5.32 Å². The second-order valence-corrected chi connectivity index (χ2v) is 6.69. The van der Waals surface area contributed by atoms with Crippen molar-refractivity contribution >= 4 is 39.6 Å². The lowest BCUT2D eigenvalue weighted by molar-refractivity contribution is 0.0822. The summed E-state index contributed by atoms with van der Waals surface area (Å²) in [4.78, 5) is 38.0. The summed E-state index contributed by atoms with van der Waals surface area (Å²) in [5.41, 5.74) is 1.46. The minimum Gasteiger partial charge on any atom is -0.343 e. The van der Waals surface area contributed by atoms with E-state index in [1.807, 2.05) is 12.1 Å². The van der Waals surface area contributed by atoms with Crippen LogP contribution in [-0.2, 0) is 0 Å². The zero-order chi connectivity index (χ0) is 17.1. The van der Waals surface area contributed by atoms with Gasteiger partial charge in [0.05, 0.1) is 0 Å². The SMILES string of the molecule is CN(C)C(=O)c1csc(NC(=O)c2csc(-c3cccnc3)n2)n1. The van der Waals surface area contributed by atoms with Gasteiger partial charge in [0.25, 0.3) is 11.8 Å². The smallest absolute Gasteiger partial charge is 0.276 e. The Morgan fingerprint density at radius 3 is 2.62 bits per heavy atom. The van der Waals surface area contributed by atoms with Crippen LogP contribution in [-0.4, -0.2) is 45.8 Å². The lowest BCUT2D eigenvalue weighted by Gasteiger charge is -2.06. The Balaban J connectivity index is 1.72. The summed E-state index contributed by atoms with van der Waals surface area (Å²) in [7, 11) is 3.30. The van der Waals surface area contributed by atoms with E-state index in [-0.39, 0.29) is 11.8 Å². The van der Waals surface area contributed by atoms with Gasteiger partial charge in [-0.1, -0.05) is 0 Å². The average molecular weight is 359 g/mol. The molecule has 0 unspecified atom stereocenters. The number of aromatic nitrogens is 3. The van der Waals surface area contributed by atoms with Gasteiger partial charge >= 0.3 is 0 Å². The molecule has 3 aromatic heterocycles. The van der Waals surface area contributed by atoms with Crippen LogP contribution >= 0.6 is 22.7 Å². The maximum Gasteiger partial charge on any atom is 0.276 e. The minimum atomic E-state index is -0.361. The highest BCUT2D eigenvalue weighted by atomic mass is 32.1. The van der Waals surface area contributed by atoms with Gasteiger partial charge in [0.15, 0.2) is 5.13 Å². The van der Waals surface area contributed by atoms with Crippen molar-refractivity contribution in [3.63, 3.8) is 0 Å². The molecule has 0 fully saturated rings. The van der Waals surface area contributed by atoms with Crippen molar-refractivity contribution in [1.82, 2.24) is 19.9 Å². The second kappa shape index (κ2) is 6.85. The number of nitrogens with zero attached hydrogens (tertiary/aromatic N) is 4. The molecule has 0 spiro atoms. The molecule has 3 heterocycles. The number of thiazole rings is 2. The molecule has 0 radical (unpaired) electrons. The monoisotopic (exact) mass is 359 g/mol. The summed E-state index contributed by atoms with van der Waals surface area (Å²) >= 11 is 2.56. The van der Waals surface area contributed by atoms with Crippen LogP contribution in [0.15, 0.2) is 35.3 Å². The molecule has 0 saturated heterocycles. The molecule has 0 bridgehead atoms. The van der Waals surface area contributed by atoms with Gasteiger partial charge in [-0.2, -0.15) is 0 Å². The van der Waals surface area contributed by atoms with E-state index < -0.39 is 0 Å². The number of rotatable bonds is 4. The third-order valence-corrected chi connectivity index (χ3v) is 4.64.